The van der Waals surface area contributed by atoms with Crippen molar-refractivity contribution in [3.63, 3.8) is 0 Å². The fourth-order valence-electron chi connectivity index (χ4n) is 4.16. The van der Waals surface area contributed by atoms with E-state index in [0.29, 0.717) is 30.2 Å². The molecule has 1 saturated heterocycles. The van der Waals surface area contributed by atoms with Crippen LogP contribution >= 0.6 is 0 Å². The van der Waals surface area contributed by atoms with Gasteiger partial charge in [0.05, 0.1) is 0 Å². The van der Waals surface area contributed by atoms with E-state index in [9.17, 15) is 4.79 Å². The SMILES string of the molecule is CC(CC(=O)N(C)C1CCc2ccccc2C1)C1CCCNC1. The van der Waals surface area contributed by atoms with Crippen molar-refractivity contribution in [3.05, 3.63) is 35.4 Å². The van der Waals surface area contributed by atoms with Crippen LogP contribution in [0.1, 0.15) is 43.7 Å². The summed E-state index contributed by atoms with van der Waals surface area (Å²) in [7, 11) is 2.01. The zero-order chi connectivity index (χ0) is 16.2. The Morgan fingerprint density at radius 1 is 1.30 bits per heavy atom. The molecule has 1 N–H and O–H groups in total. The van der Waals surface area contributed by atoms with Crippen molar-refractivity contribution in [2.45, 2.75) is 51.5 Å². The first kappa shape index (κ1) is 16.5. The molecule has 0 radical (unpaired) electrons. The number of amides is 1. The first-order chi connectivity index (χ1) is 11.1. The summed E-state index contributed by atoms with van der Waals surface area (Å²) in [6, 6.07) is 9.05. The van der Waals surface area contributed by atoms with Crippen molar-refractivity contribution in [3.8, 4) is 0 Å². The molecule has 3 nitrogen and oxygen atoms in total. The number of carbonyl (C=O) groups excluding carboxylic acids is 1. The minimum Gasteiger partial charge on any atom is -0.342 e. The second kappa shape index (κ2) is 7.48. The number of hydrogen-bond acceptors (Lipinski definition) is 2. The third-order valence-corrected chi connectivity index (χ3v) is 5.90. The van der Waals surface area contributed by atoms with Gasteiger partial charge in [-0.3, -0.25) is 4.79 Å². The number of likely N-dealkylation sites (N-methyl/N-ethyl adjacent to an activating group) is 1. The molecule has 2 aliphatic rings. The van der Waals surface area contributed by atoms with Crippen molar-refractivity contribution < 1.29 is 4.79 Å². The molecule has 1 aliphatic heterocycles. The molecule has 23 heavy (non-hydrogen) atoms. The van der Waals surface area contributed by atoms with Crippen LogP contribution in [0.15, 0.2) is 24.3 Å². The molecule has 3 atom stereocenters. The summed E-state index contributed by atoms with van der Waals surface area (Å²) in [6.07, 6.45) is 6.42. The number of piperidine rings is 1. The quantitative estimate of drug-likeness (QED) is 0.926. The summed E-state index contributed by atoms with van der Waals surface area (Å²) >= 11 is 0. The van der Waals surface area contributed by atoms with Gasteiger partial charge >= 0.3 is 0 Å². The van der Waals surface area contributed by atoms with Crippen molar-refractivity contribution in [2.75, 3.05) is 20.1 Å². The number of aryl methyl sites for hydroxylation is 1. The fourth-order valence-corrected chi connectivity index (χ4v) is 4.16. The monoisotopic (exact) mass is 314 g/mol. The zero-order valence-corrected chi connectivity index (χ0v) is 14.6. The molecule has 3 unspecified atom stereocenters. The lowest BCUT2D eigenvalue weighted by Crippen LogP contribution is -2.42. The standard InChI is InChI=1S/C20H30N2O/c1-15(18-8-5-11-21-14-18)12-20(23)22(2)19-10-9-16-6-3-4-7-17(16)13-19/h3-4,6-7,15,18-19,21H,5,8-14H2,1-2H3. The van der Waals surface area contributed by atoms with E-state index >= 15 is 0 Å². The molecule has 0 aromatic heterocycles. The highest BCUT2D eigenvalue weighted by molar-refractivity contribution is 5.76. The average molecular weight is 314 g/mol. The molecule has 0 bridgehead atoms. The van der Waals surface area contributed by atoms with Crippen LogP contribution in [-0.2, 0) is 17.6 Å². The summed E-state index contributed by atoms with van der Waals surface area (Å²) < 4.78 is 0. The lowest BCUT2D eigenvalue weighted by atomic mass is 9.84. The molecule has 1 amide bonds. The van der Waals surface area contributed by atoms with Crippen molar-refractivity contribution in [2.24, 2.45) is 11.8 Å². The third-order valence-electron chi connectivity index (χ3n) is 5.90. The summed E-state index contributed by atoms with van der Waals surface area (Å²) in [6.45, 7) is 4.47. The van der Waals surface area contributed by atoms with Gasteiger partial charge in [0.15, 0.2) is 0 Å². The molecule has 3 heteroatoms. The topological polar surface area (TPSA) is 32.3 Å². The number of hydrogen-bond donors (Lipinski definition) is 1. The minimum atomic E-state index is 0.326. The van der Waals surface area contributed by atoms with Crippen LogP contribution in [0.2, 0.25) is 0 Å². The first-order valence-electron chi connectivity index (χ1n) is 9.18. The van der Waals surface area contributed by atoms with Gasteiger partial charge in [0, 0.05) is 19.5 Å². The summed E-state index contributed by atoms with van der Waals surface area (Å²) in [5.41, 5.74) is 2.89. The van der Waals surface area contributed by atoms with Gasteiger partial charge in [-0.15, -0.1) is 0 Å². The lowest BCUT2D eigenvalue weighted by molar-refractivity contribution is -0.133. The highest BCUT2D eigenvalue weighted by Gasteiger charge is 2.28. The van der Waals surface area contributed by atoms with E-state index in [0.717, 1.165) is 32.4 Å². The smallest absolute Gasteiger partial charge is 0.222 e. The van der Waals surface area contributed by atoms with E-state index in [1.807, 2.05) is 11.9 Å². The summed E-state index contributed by atoms with van der Waals surface area (Å²) in [5.74, 6) is 1.47. The van der Waals surface area contributed by atoms with Crippen LogP contribution in [0.5, 0.6) is 0 Å². The van der Waals surface area contributed by atoms with E-state index in [1.54, 1.807) is 0 Å². The van der Waals surface area contributed by atoms with Gasteiger partial charge in [-0.25, -0.2) is 0 Å². The van der Waals surface area contributed by atoms with E-state index < -0.39 is 0 Å². The number of nitrogens with zero attached hydrogens (tertiary/aromatic N) is 1. The van der Waals surface area contributed by atoms with Crippen LogP contribution in [-0.4, -0.2) is 37.0 Å². The number of carbonyl (C=O) groups is 1. The van der Waals surface area contributed by atoms with Crippen molar-refractivity contribution >= 4 is 5.91 Å². The average Bonchev–Trinajstić information content (AvgIpc) is 2.61. The van der Waals surface area contributed by atoms with Gasteiger partial charge in [0.1, 0.15) is 0 Å². The predicted molar refractivity (Wildman–Crippen MR) is 94.4 cm³/mol. The van der Waals surface area contributed by atoms with Gasteiger partial charge in [-0.2, -0.15) is 0 Å². The Morgan fingerprint density at radius 3 is 2.83 bits per heavy atom. The molecule has 1 aromatic rings. The molecule has 1 aliphatic carbocycles. The highest BCUT2D eigenvalue weighted by Crippen LogP contribution is 2.26. The van der Waals surface area contributed by atoms with Crippen LogP contribution in [0.25, 0.3) is 0 Å². The molecule has 1 fully saturated rings. The summed E-state index contributed by atoms with van der Waals surface area (Å²) in [4.78, 5) is 14.7. The molecule has 1 aromatic carbocycles. The van der Waals surface area contributed by atoms with Crippen molar-refractivity contribution in [1.29, 1.82) is 0 Å². The minimum absolute atomic E-state index is 0.326. The largest absolute Gasteiger partial charge is 0.342 e. The van der Waals surface area contributed by atoms with Gasteiger partial charge in [-0.1, -0.05) is 31.2 Å². The van der Waals surface area contributed by atoms with E-state index in [1.165, 1.54) is 24.0 Å². The maximum Gasteiger partial charge on any atom is 0.222 e. The van der Waals surface area contributed by atoms with E-state index in [2.05, 4.69) is 36.5 Å². The Morgan fingerprint density at radius 2 is 2.09 bits per heavy atom. The fraction of sp³-hybridized carbons (Fsp3) is 0.650. The van der Waals surface area contributed by atoms with Gasteiger partial charge < -0.3 is 10.2 Å². The van der Waals surface area contributed by atoms with Crippen LogP contribution in [0, 0.1) is 11.8 Å². The Kier molecular flexibility index (Phi) is 5.37. The Bertz CT molecular complexity index is 536. The lowest BCUT2D eigenvalue weighted by Gasteiger charge is -2.34. The normalized spacial score (nSPS) is 25.5. The number of fused-ring (bicyclic) bond motifs is 1. The first-order valence-corrected chi connectivity index (χ1v) is 9.18. The number of benzene rings is 1. The number of rotatable bonds is 4. The highest BCUT2D eigenvalue weighted by atomic mass is 16.2. The molecule has 3 rings (SSSR count). The zero-order valence-electron chi connectivity index (χ0n) is 14.6. The van der Waals surface area contributed by atoms with Gasteiger partial charge in [0.25, 0.3) is 0 Å². The molecule has 0 spiro atoms. The van der Waals surface area contributed by atoms with Crippen molar-refractivity contribution in [1.82, 2.24) is 10.2 Å². The van der Waals surface area contributed by atoms with E-state index in [4.69, 9.17) is 0 Å². The van der Waals surface area contributed by atoms with E-state index in [-0.39, 0.29) is 0 Å². The predicted octanol–water partition coefficient (Wildman–Crippen LogP) is 3.03. The molecular weight excluding hydrogens is 284 g/mol. The third kappa shape index (κ3) is 3.95. The maximum atomic E-state index is 12.7. The molecule has 0 saturated carbocycles. The summed E-state index contributed by atoms with van der Waals surface area (Å²) in [5, 5.41) is 3.47. The maximum absolute atomic E-state index is 12.7. The molecular formula is C20H30N2O. The molecule has 126 valence electrons. The Hall–Kier alpha value is -1.35. The Balaban J connectivity index is 1.55. The molecule has 1 heterocycles. The number of nitrogens with one attached hydrogen (secondary N) is 1. The second-order valence-corrected chi connectivity index (χ2v) is 7.46. The van der Waals surface area contributed by atoms with Crippen LogP contribution < -0.4 is 5.32 Å². The van der Waals surface area contributed by atoms with Crippen LogP contribution in [0.4, 0.5) is 0 Å². The van der Waals surface area contributed by atoms with Gasteiger partial charge in [0.2, 0.25) is 5.91 Å². The van der Waals surface area contributed by atoms with Crippen LogP contribution in [0.3, 0.4) is 0 Å². The Labute approximate surface area is 140 Å². The van der Waals surface area contributed by atoms with Gasteiger partial charge in [-0.05, 0) is 68.2 Å². The second-order valence-electron chi connectivity index (χ2n) is 7.46.